The number of hydrogen-bond donors (Lipinski definition) is 2. The number of benzene rings is 2. The van der Waals surface area contributed by atoms with Gasteiger partial charge in [-0.05, 0) is 56.6 Å². The van der Waals surface area contributed by atoms with Crippen molar-refractivity contribution < 1.29 is 9.59 Å². The molecule has 5 rings (SSSR count). The number of imidazole rings is 1. The first-order valence-electron chi connectivity index (χ1n) is 13.5. The van der Waals surface area contributed by atoms with Gasteiger partial charge in [0.1, 0.15) is 11.8 Å². The van der Waals surface area contributed by atoms with Gasteiger partial charge >= 0.3 is 5.69 Å². The summed E-state index contributed by atoms with van der Waals surface area (Å²) in [5.41, 5.74) is 8.36. The number of thiazole rings is 1. The number of nitrogens with zero attached hydrogens (tertiary/aromatic N) is 7. The molecule has 5 aromatic rings. The summed E-state index contributed by atoms with van der Waals surface area (Å²) in [6, 6.07) is 13.5. The van der Waals surface area contributed by atoms with Crippen molar-refractivity contribution in [3.05, 3.63) is 94.6 Å². The molecule has 0 spiro atoms. The third-order valence-electron chi connectivity index (χ3n) is 6.23. The number of carbonyl (C=O) groups excluding carboxylic acids is 2. The molecule has 3 aromatic heterocycles. The average molecular weight is 600 g/mol. The summed E-state index contributed by atoms with van der Waals surface area (Å²) in [6.45, 7) is 4.63. The third-order valence-corrected chi connectivity index (χ3v) is 6.92. The van der Waals surface area contributed by atoms with Gasteiger partial charge in [0.25, 0.3) is 5.91 Å². The molecule has 0 saturated heterocycles. The zero-order valence-corrected chi connectivity index (χ0v) is 25.4. The van der Waals surface area contributed by atoms with Crippen molar-refractivity contribution in [1.82, 2.24) is 29.0 Å². The molecule has 12 nitrogen and oxygen atoms in total. The molecule has 3 N–H and O–H groups in total. The molecule has 0 aliphatic rings. The zero-order chi connectivity index (χ0) is 31.1. The minimum atomic E-state index is -0.441. The number of hydrogen-bond acceptors (Lipinski definition) is 9. The highest BCUT2D eigenvalue weighted by atomic mass is 32.1. The van der Waals surface area contributed by atoms with Gasteiger partial charge in [0.2, 0.25) is 5.91 Å². The summed E-state index contributed by atoms with van der Waals surface area (Å²) in [7, 11) is 5.50. The number of amides is 2. The van der Waals surface area contributed by atoms with Crippen LogP contribution >= 0.6 is 11.3 Å². The fourth-order valence-corrected chi connectivity index (χ4v) is 4.70. The van der Waals surface area contributed by atoms with Crippen molar-refractivity contribution in [2.75, 3.05) is 43.6 Å². The van der Waals surface area contributed by atoms with Crippen molar-refractivity contribution in [2.24, 2.45) is 0 Å². The van der Waals surface area contributed by atoms with Gasteiger partial charge in [0.15, 0.2) is 16.6 Å². The Kier molecular flexibility index (Phi) is 9.80. The first kappa shape index (κ1) is 30.8. The van der Waals surface area contributed by atoms with Crippen LogP contribution in [0.15, 0.2) is 83.4 Å². The molecule has 0 aliphatic carbocycles. The van der Waals surface area contributed by atoms with Gasteiger partial charge < -0.3 is 15.5 Å². The lowest BCUT2D eigenvalue weighted by molar-refractivity contribution is -0.113. The van der Waals surface area contributed by atoms with Gasteiger partial charge in [-0.25, -0.2) is 24.3 Å². The topological polar surface area (TPSA) is 144 Å². The molecule has 222 valence electrons. The summed E-state index contributed by atoms with van der Waals surface area (Å²) in [5, 5.41) is 4.99. The van der Waals surface area contributed by atoms with E-state index in [0.717, 1.165) is 0 Å². The molecule has 2 aromatic carbocycles. The van der Waals surface area contributed by atoms with E-state index in [-0.39, 0.29) is 17.6 Å². The minimum Gasteiger partial charge on any atom is -0.382 e. The molecule has 0 saturated carbocycles. The fourth-order valence-electron chi connectivity index (χ4n) is 4.18. The van der Waals surface area contributed by atoms with E-state index in [4.69, 9.17) is 5.73 Å². The Balaban J connectivity index is 0.00000207. The summed E-state index contributed by atoms with van der Waals surface area (Å²) >= 11 is 1.31. The Morgan fingerprint density at radius 1 is 1.00 bits per heavy atom. The molecular formula is C30H33N9O3S. The Morgan fingerprint density at radius 2 is 1.74 bits per heavy atom. The molecule has 3 heterocycles. The van der Waals surface area contributed by atoms with Crippen molar-refractivity contribution in [3.63, 3.8) is 0 Å². The van der Waals surface area contributed by atoms with Crippen LogP contribution in [0, 0.1) is 0 Å². The number of nitrogens with one attached hydrogen (secondary N) is 1. The molecule has 43 heavy (non-hydrogen) atoms. The van der Waals surface area contributed by atoms with Gasteiger partial charge in [-0.1, -0.05) is 26.0 Å². The van der Waals surface area contributed by atoms with Crippen LogP contribution in [0.25, 0.3) is 22.5 Å². The lowest BCUT2D eigenvalue weighted by Crippen LogP contribution is -2.25. The summed E-state index contributed by atoms with van der Waals surface area (Å²) in [6.07, 6.45) is 6.19. The van der Waals surface area contributed by atoms with E-state index >= 15 is 0 Å². The van der Waals surface area contributed by atoms with Gasteiger partial charge in [0.05, 0.1) is 11.4 Å². The third kappa shape index (κ3) is 6.68. The van der Waals surface area contributed by atoms with Crippen LogP contribution in [0.1, 0.15) is 24.2 Å². The second-order valence-electron chi connectivity index (χ2n) is 9.30. The fraction of sp³-hybridized carbons (Fsp3) is 0.200. The van der Waals surface area contributed by atoms with Crippen molar-refractivity contribution >= 4 is 51.0 Å². The highest BCUT2D eigenvalue weighted by Crippen LogP contribution is 2.25. The van der Waals surface area contributed by atoms with Crippen LogP contribution in [-0.4, -0.2) is 68.5 Å². The number of aromatic nitrogens is 5. The van der Waals surface area contributed by atoms with E-state index in [1.165, 1.54) is 37.8 Å². The zero-order valence-electron chi connectivity index (χ0n) is 24.6. The van der Waals surface area contributed by atoms with Crippen molar-refractivity contribution in [3.8, 4) is 11.4 Å². The number of anilines is 3. The van der Waals surface area contributed by atoms with E-state index < -0.39 is 5.69 Å². The van der Waals surface area contributed by atoms with Gasteiger partial charge in [0, 0.05) is 42.5 Å². The number of nitrogens with two attached hydrogens (primary N) is 1. The number of nitrogen functional groups attached to an aromatic ring is 1. The maximum Gasteiger partial charge on any atom is 0.339 e. The second kappa shape index (κ2) is 13.7. The lowest BCUT2D eigenvalue weighted by atomic mass is 10.2. The first-order valence-corrected chi connectivity index (χ1v) is 14.4. The van der Waals surface area contributed by atoms with Crippen LogP contribution in [0.2, 0.25) is 0 Å². The Hall–Kier alpha value is -5.14. The molecule has 13 heteroatoms. The molecule has 0 aliphatic heterocycles. The van der Waals surface area contributed by atoms with E-state index in [2.05, 4.69) is 20.3 Å². The largest absolute Gasteiger partial charge is 0.382 e. The molecule has 0 unspecified atom stereocenters. The lowest BCUT2D eigenvalue weighted by Gasteiger charge is -2.16. The van der Waals surface area contributed by atoms with Crippen LogP contribution in [-0.2, 0) is 4.79 Å². The molecule has 2 amide bonds. The Bertz CT molecular complexity index is 1810. The molecule has 0 fully saturated rings. The Labute approximate surface area is 252 Å². The number of fused-ring (bicyclic) bond motifs is 1. The van der Waals surface area contributed by atoms with E-state index in [1.807, 2.05) is 32.8 Å². The summed E-state index contributed by atoms with van der Waals surface area (Å²) < 4.78 is 2.82. The summed E-state index contributed by atoms with van der Waals surface area (Å²) in [5.74, 6) is -0.411. The standard InChI is InChI=1S/C28H27N9O3S.C2H6/c1-34(2)14-5-8-22(38)35(3)20-6-4-7-21(16-20)37-25-23(24(29)31-17-32-25)36(28(37)40)19-11-9-18(10-12-19)26(39)33-27-30-13-15-41-27;1-2/h4-13,15-17H,14H2,1-3H3,(H2,29,31,32)(H,30,33,39);1-2H3/b8-5+;. The number of rotatable bonds is 8. The number of carbonyl (C=O) groups is 2. The van der Waals surface area contributed by atoms with Gasteiger partial charge in [-0.2, -0.15) is 0 Å². The van der Waals surface area contributed by atoms with Gasteiger partial charge in [-0.3, -0.25) is 19.5 Å². The van der Waals surface area contributed by atoms with Crippen LogP contribution in [0.4, 0.5) is 16.6 Å². The highest BCUT2D eigenvalue weighted by Gasteiger charge is 2.21. The average Bonchev–Trinajstić information content (AvgIpc) is 3.63. The van der Waals surface area contributed by atoms with Crippen molar-refractivity contribution in [2.45, 2.75) is 13.8 Å². The van der Waals surface area contributed by atoms with Crippen LogP contribution in [0.3, 0.4) is 0 Å². The molecule has 0 radical (unpaired) electrons. The predicted molar refractivity (Wildman–Crippen MR) is 171 cm³/mol. The molecule has 0 bridgehead atoms. The maximum atomic E-state index is 13.9. The second-order valence-corrected chi connectivity index (χ2v) is 10.2. The highest BCUT2D eigenvalue weighted by molar-refractivity contribution is 7.13. The first-order chi connectivity index (χ1) is 20.7. The van der Waals surface area contributed by atoms with Crippen LogP contribution in [0.5, 0.6) is 0 Å². The van der Waals surface area contributed by atoms with E-state index in [1.54, 1.807) is 73.2 Å². The van der Waals surface area contributed by atoms with Gasteiger partial charge in [-0.15, -0.1) is 11.3 Å². The van der Waals surface area contributed by atoms with E-state index in [0.29, 0.717) is 45.5 Å². The predicted octanol–water partition coefficient (Wildman–Crippen LogP) is 3.97. The normalized spacial score (nSPS) is 11.0. The van der Waals surface area contributed by atoms with Crippen molar-refractivity contribution in [1.29, 1.82) is 0 Å². The number of likely N-dealkylation sites (N-methyl/N-ethyl adjacent to an activating group) is 2. The maximum absolute atomic E-state index is 13.9. The quantitative estimate of drug-likeness (QED) is 0.255. The summed E-state index contributed by atoms with van der Waals surface area (Å²) in [4.78, 5) is 55.2. The molecular weight excluding hydrogens is 566 g/mol. The minimum absolute atomic E-state index is 0.117. The van der Waals surface area contributed by atoms with E-state index in [9.17, 15) is 14.4 Å². The smallest absolute Gasteiger partial charge is 0.339 e. The Morgan fingerprint density at radius 3 is 2.42 bits per heavy atom. The SMILES string of the molecule is CC.CN(C)C/C=C/C(=O)N(C)c1cccc(-n2c(=O)n(-c3ccc(C(=O)Nc4nccs4)cc3)c3c(N)ncnc32)c1. The van der Waals surface area contributed by atoms with Crippen LogP contribution < -0.4 is 21.6 Å². The monoisotopic (exact) mass is 599 g/mol. The molecule has 0 atom stereocenters.